The van der Waals surface area contributed by atoms with E-state index < -0.39 is 21.8 Å². The fraction of sp³-hybridized carbons (Fsp3) is 0.250. The number of hydrogen-bond acceptors (Lipinski definition) is 6. The number of aromatic nitrogens is 2. The number of benzene rings is 2. The van der Waals surface area contributed by atoms with Crippen molar-refractivity contribution < 1.29 is 27.4 Å². The zero-order chi connectivity index (χ0) is 25.2. The van der Waals surface area contributed by atoms with Crippen LogP contribution in [0.2, 0.25) is 0 Å². The standard InChI is InChI=1S/C24H25FN4O5S/c1-3-28(4-2)12-5-6-16-14-17(25)7-10-20(16)35(32,33)27-18-8-9-19-23(22(18)24(30)31)34-15-21-26-11-13-29(19)21/h5-11,13-14,27H,3-4,12,15H2,1-2H3,(H,30,31)/b6-5-. The topological polar surface area (TPSA) is 114 Å². The van der Waals surface area contributed by atoms with Crippen LogP contribution in [-0.4, -0.2) is 53.6 Å². The third-order valence-corrected chi connectivity index (χ3v) is 7.17. The molecule has 35 heavy (non-hydrogen) atoms. The van der Waals surface area contributed by atoms with Gasteiger partial charge in [-0.2, -0.15) is 0 Å². The minimum absolute atomic E-state index is 0.0293. The second kappa shape index (κ2) is 9.88. The normalized spacial score (nSPS) is 12.9. The maximum Gasteiger partial charge on any atom is 0.341 e. The summed E-state index contributed by atoms with van der Waals surface area (Å²) in [4.78, 5) is 18.2. The fourth-order valence-corrected chi connectivity index (χ4v) is 5.16. The van der Waals surface area contributed by atoms with E-state index in [1.807, 2.05) is 13.8 Å². The molecule has 2 heterocycles. The molecule has 1 aliphatic rings. The van der Waals surface area contributed by atoms with Gasteiger partial charge in [-0.05, 0) is 49.0 Å². The molecule has 4 rings (SSSR count). The van der Waals surface area contributed by atoms with Crippen LogP contribution in [0.25, 0.3) is 11.8 Å². The van der Waals surface area contributed by atoms with Crippen molar-refractivity contribution in [1.29, 1.82) is 0 Å². The molecule has 1 aromatic heterocycles. The summed E-state index contributed by atoms with van der Waals surface area (Å²) in [7, 11) is -4.27. The minimum Gasteiger partial charge on any atom is -0.482 e. The highest BCUT2D eigenvalue weighted by Gasteiger charge is 2.29. The zero-order valence-electron chi connectivity index (χ0n) is 19.2. The number of carboxylic acids is 1. The Morgan fingerprint density at radius 3 is 2.77 bits per heavy atom. The Hall–Kier alpha value is -3.70. The van der Waals surface area contributed by atoms with E-state index in [-0.39, 0.29) is 34.1 Å². The van der Waals surface area contributed by atoms with Gasteiger partial charge >= 0.3 is 5.97 Å². The van der Waals surface area contributed by atoms with Crippen molar-refractivity contribution in [2.24, 2.45) is 0 Å². The number of aromatic carboxylic acids is 1. The van der Waals surface area contributed by atoms with Crippen molar-refractivity contribution in [2.45, 2.75) is 25.3 Å². The molecule has 9 nitrogen and oxygen atoms in total. The van der Waals surface area contributed by atoms with Crippen LogP contribution in [0.5, 0.6) is 5.75 Å². The highest BCUT2D eigenvalue weighted by Crippen LogP contribution is 2.38. The SMILES string of the molecule is CCN(CC)C/C=C\c1cc(F)ccc1S(=O)(=O)Nc1ccc2c(c1C(=O)O)OCc1nccn1-2. The Bertz CT molecular complexity index is 1400. The van der Waals surface area contributed by atoms with Crippen molar-refractivity contribution in [3.8, 4) is 11.4 Å². The molecule has 0 atom stereocenters. The number of fused-ring (bicyclic) bond motifs is 3. The Morgan fingerprint density at radius 1 is 1.29 bits per heavy atom. The number of rotatable bonds is 9. The first-order valence-electron chi connectivity index (χ1n) is 11.0. The van der Waals surface area contributed by atoms with Gasteiger partial charge in [-0.25, -0.2) is 22.6 Å². The molecule has 3 aromatic rings. The lowest BCUT2D eigenvalue weighted by atomic mass is 10.1. The highest BCUT2D eigenvalue weighted by molar-refractivity contribution is 7.92. The van der Waals surface area contributed by atoms with Crippen LogP contribution < -0.4 is 9.46 Å². The molecular weight excluding hydrogens is 475 g/mol. The summed E-state index contributed by atoms with van der Waals surface area (Å²) in [6.45, 7) is 6.25. The first-order valence-corrected chi connectivity index (χ1v) is 12.5. The predicted molar refractivity (Wildman–Crippen MR) is 129 cm³/mol. The van der Waals surface area contributed by atoms with E-state index in [4.69, 9.17) is 4.74 Å². The Morgan fingerprint density at radius 2 is 2.06 bits per heavy atom. The van der Waals surface area contributed by atoms with Crippen LogP contribution in [0, 0.1) is 5.82 Å². The number of carbonyl (C=O) groups is 1. The summed E-state index contributed by atoms with van der Waals surface area (Å²) in [5, 5.41) is 9.89. The molecule has 0 fully saturated rings. The van der Waals surface area contributed by atoms with Gasteiger partial charge in [-0.15, -0.1) is 0 Å². The van der Waals surface area contributed by atoms with Gasteiger partial charge in [0.05, 0.1) is 16.3 Å². The molecule has 0 spiro atoms. The van der Waals surface area contributed by atoms with E-state index in [1.165, 1.54) is 6.07 Å². The first kappa shape index (κ1) is 24.4. The lowest BCUT2D eigenvalue weighted by Gasteiger charge is -2.23. The zero-order valence-corrected chi connectivity index (χ0v) is 20.0. The third-order valence-electron chi connectivity index (χ3n) is 5.73. The Balaban J connectivity index is 1.72. The molecule has 2 N–H and O–H groups in total. The van der Waals surface area contributed by atoms with Gasteiger partial charge in [0, 0.05) is 18.9 Å². The summed E-state index contributed by atoms with van der Waals surface area (Å²) in [5.74, 6) is -1.33. The number of likely N-dealkylation sites (N-methyl/N-ethyl adjacent to an activating group) is 1. The number of carboxylic acid groups (broad SMARTS) is 1. The maximum absolute atomic E-state index is 14.0. The quantitative estimate of drug-likeness (QED) is 0.460. The Kier molecular flexibility index (Phi) is 6.90. The molecule has 0 radical (unpaired) electrons. The van der Waals surface area contributed by atoms with E-state index in [0.29, 0.717) is 18.1 Å². The van der Waals surface area contributed by atoms with Crippen molar-refractivity contribution in [1.82, 2.24) is 14.5 Å². The number of anilines is 1. The molecule has 0 unspecified atom stereocenters. The molecule has 0 amide bonds. The van der Waals surface area contributed by atoms with Crippen LogP contribution in [0.3, 0.4) is 0 Å². The number of sulfonamides is 1. The Labute approximate surface area is 202 Å². The molecular formula is C24H25FN4O5S. The maximum atomic E-state index is 14.0. The fourth-order valence-electron chi connectivity index (χ4n) is 3.91. The number of ether oxygens (including phenoxy) is 1. The van der Waals surface area contributed by atoms with Crippen LogP contribution in [0.1, 0.15) is 35.6 Å². The third kappa shape index (κ3) is 4.91. The second-order valence-corrected chi connectivity index (χ2v) is 9.47. The van der Waals surface area contributed by atoms with E-state index in [0.717, 1.165) is 31.3 Å². The van der Waals surface area contributed by atoms with Gasteiger partial charge in [-0.3, -0.25) is 9.29 Å². The second-order valence-electron chi connectivity index (χ2n) is 7.82. The van der Waals surface area contributed by atoms with Crippen LogP contribution in [0.15, 0.2) is 53.7 Å². The van der Waals surface area contributed by atoms with Gasteiger partial charge in [0.1, 0.15) is 18.0 Å². The van der Waals surface area contributed by atoms with Gasteiger partial charge in [0.2, 0.25) is 0 Å². The number of nitrogens with zero attached hydrogens (tertiary/aromatic N) is 3. The summed E-state index contributed by atoms with van der Waals surface area (Å²) < 4.78 is 50.3. The largest absolute Gasteiger partial charge is 0.482 e. The van der Waals surface area contributed by atoms with Crippen molar-refractivity contribution in [2.75, 3.05) is 24.4 Å². The lowest BCUT2D eigenvalue weighted by Crippen LogP contribution is -2.22. The van der Waals surface area contributed by atoms with Gasteiger partial charge < -0.3 is 14.7 Å². The molecule has 0 saturated heterocycles. The van der Waals surface area contributed by atoms with Gasteiger partial charge in [0.25, 0.3) is 10.0 Å². The number of nitrogens with one attached hydrogen (secondary N) is 1. The van der Waals surface area contributed by atoms with Gasteiger partial charge in [-0.1, -0.05) is 26.0 Å². The van der Waals surface area contributed by atoms with E-state index in [2.05, 4.69) is 14.6 Å². The van der Waals surface area contributed by atoms with Crippen molar-refractivity contribution in [3.05, 3.63) is 71.6 Å². The summed E-state index contributed by atoms with van der Waals surface area (Å²) >= 11 is 0. The summed E-state index contributed by atoms with van der Waals surface area (Å²) in [6, 6.07) is 6.24. The van der Waals surface area contributed by atoms with Crippen LogP contribution in [-0.2, 0) is 16.6 Å². The highest BCUT2D eigenvalue weighted by atomic mass is 32.2. The number of halogens is 1. The average Bonchev–Trinajstić information content (AvgIpc) is 3.30. The van der Waals surface area contributed by atoms with Crippen LogP contribution >= 0.6 is 0 Å². The van der Waals surface area contributed by atoms with E-state index in [1.54, 1.807) is 35.2 Å². The van der Waals surface area contributed by atoms with E-state index >= 15 is 0 Å². The molecule has 184 valence electrons. The molecule has 2 aromatic carbocycles. The monoisotopic (exact) mass is 500 g/mol. The number of imidazole rings is 1. The smallest absolute Gasteiger partial charge is 0.341 e. The molecule has 0 saturated carbocycles. The molecule has 0 bridgehead atoms. The lowest BCUT2D eigenvalue weighted by molar-refractivity contribution is 0.0692. The predicted octanol–water partition coefficient (Wildman–Crippen LogP) is 3.76. The van der Waals surface area contributed by atoms with Crippen molar-refractivity contribution >= 4 is 27.8 Å². The first-order chi connectivity index (χ1) is 16.7. The summed E-state index contributed by atoms with van der Waals surface area (Å²) in [5.41, 5.74) is 0.0954. The van der Waals surface area contributed by atoms with Gasteiger partial charge in [0.15, 0.2) is 11.6 Å². The van der Waals surface area contributed by atoms with E-state index in [9.17, 15) is 22.7 Å². The average molecular weight is 501 g/mol. The minimum atomic E-state index is -4.27. The number of hydrogen-bond donors (Lipinski definition) is 2. The van der Waals surface area contributed by atoms with Crippen LogP contribution in [0.4, 0.5) is 10.1 Å². The summed E-state index contributed by atoms with van der Waals surface area (Å²) in [6.07, 6.45) is 6.54. The molecule has 0 aliphatic carbocycles. The van der Waals surface area contributed by atoms with Crippen molar-refractivity contribution in [3.63, 3.8) is 0 Å². The molecule has 1 aliphatic heterocycles. The molecule has 11 heteroatoms.